The van der Waals surface area contributed by atoms with E-state index < -0.39 is 0 Å². The van der Waals surface area contributed by atoms with Gasteiger partial charge in [0.2, 0.25) is 11.8 Å². The molecule has 0 unspecified atom stereocenters. The Hall–Kier alpha value is -0.940. The average Bonchev–Trinajstić information content (AvgIpc) is 3.28. The number of aryl methyl sites for hydroxylation is 1. The van der Waals surface area contributed by atoms with Crippen molar-refractivity contribution in [3.63, 3.8) is 0 Å². The predicted octanol–water partition coefficient (Wildman–Crippen LogP) is 3.04. The molecule has 0 radical (unpaired) electrons. The van der Waals surface area contributed by atoms with Gasteiger partial charge in [-0.25, -0.2) is 0 Å². The van der Waals surface area contributed by atoms with E-state index in [0.717, 1.165) is 55.7 Å². The molecule has 3 saturated carbocycles. The van der Waals surface area contributed by atoms with Crippen molar-refractivity contribution in [1.29, 1.82) is 0 Å². The Balaban J connectivity index is 1.46. The number of aromatic nitrogens is 2. The van der Waals surface area contributed by atoms with Crippen LogP contribution in [0.15, 0.2) is 4.42 Å². The lowest BCUT2D eigenvalue weighted by atomic mass is 9.78. The number of hydrogen-bond donors (Lipinski definition) is 0. The summed E-state index contributed by atoms with van der Waals surface area (Å²) < 4.78 is 10.9. The van der Waals surface area contributed by atoms with Gasteiger partial charge in [0.25, 0.3) is 0 Å². The van der Waals surface area contributed by atoms with Gasteiger partial charge >= 0.3 is 0 Å². The van der Waals surface area contributed by atoms with Crippen LogP contribution >= 0.6 is 0 Å². The molecule has 128 valence electrons. The van der Waals surface area contributed by atoms with Gasteiger partial charge in [0, 0.05) is 33.2 Å². The zero-order chi connectivity index (χ0) is 15.8. The molecule has 3 aliphatic rings. The van der Waals surface area contributed by atoms with Crippen LogP contribution in [0.4, 0.5) is 0 Å². The summed E-state index contributed by atoms with van der Waals surface area (Å²) in [5, 5.41) is 8.22. The van der Waals surface area contributed by atoms with E-state index in [1.54, 1.807) is 7.11 Å². The number of ether oxygens (including phenoxy) is 1. The molecule has 1 aromatic heterocycles. The Morgan fingerprint density at radius 1 is 1.17 bits per heavy atom. The van der Waals surface area contributed by atoms with E-state index in [1.165, 1.54) is 32.1 Å². The summed E-state index contributed by atoms with van der Waals surface area (Å²) in [5.74, 6) is 5.35. The number of hydrogen-bond acceptors (Lipinski definition) is 5. The average molecular weight is 319 g/mol. The van der Waals surface area contributed by atoms with Crippen molar-refractivity contribution in [2.24, 2.45) is 23.7 Å². The molecule has 0 saturated heterocycles. The van der Waals surface area contributed by atoms with Crippen LogP contribution in [-0.2, 0) is 11.3 Å². The number of rotatable bonds is 7. The smallest absolute Gasteiger partial charge is 0.230 e. The molecular weight excluding hydrogens is 290 g/mol. The van der Waals surface area contributed by atoms with Crippen LogP contribution < -0.4 is 0 Å². The van der Waals surface area contributed by atoms with Crippen LogP contribution in [0.1, 0.15) is 50.3 Å². The number of fused-ring (bicyclic) bond motifs is 5. The molecule has 5 atom stereocenters. The first-order valence-corrected chi connectivity index (χ1v) is 9.28. The standard InChI is InChI=1S/C18H29N3O2/c1-12-19-20-18(23-12)11-21(7-4-8-22-2)17-10-13-9-16(17)15-6-3-5-14(13)15/h13-17H,3-11H2,1-2H3/t13-,14-,15-,16+,17-/m1/s1. The van der Waals surface area contributed by atoms with Crippen molar-refractivity contribution in [2.45, 2.75) is 58.0 Å². The van der Waals surface area contributed by atoms with Crippen LogP contribution in [0.5, 0.6) is 0 Å². The van der Waals surface area contributed by atoms with Gasteiger partial charge in [0.15, 0.2) is 0 Å². The molecule has 1 heterocycles. The highest BCUT2D eigenvalue weighted by Gasteiger charge is 2.54. The Bertz CT molecular complexity index is 532. The van der Waals surface area contributed by atoms with Crippen molar-refractivity contribution in [1.82, 2.24) is 15.1 Å². The fourth-order valence-corrected chi connectivity index (χ4v) is 5.80. The molecule has 23 heavy (non-hydrogen) atoms. The van der Waals surface area contributed by atoms with Crippen LogP contribution in [0, 0.1) is 30.6 Å². The summed E-state index contributed by atoms with van der Waals surface area (Å²) in [6, 6.07) is 0.711. The summed E-state index contributed by atoms with van der Waals surface area (Å²) >= 11 is 0. The molecule has 3 aliphatic carbocycles. The van der Waals surface area contributed by atoms with Gasteiger partial charge in [-0.3, -0.25) is 4.90 Å². The van der Waals surface area contributed by atoms with Crippen molar-refractivity contribution < 1.29 is 9.15 Å². The van der Waals surface area contributed by atoms with E-state index in [0.29, 0.717) is 11.9 Å². The minimum Gasteiger partial charge on any atom is -0.424 e. The maximum atomic E-state index is 5.65. The maximum Gasteiger partial charge on any atom is 0.230 e. The van der Waals surface area contributed by atoms with Gasteiger partial charge in [-0.2, -0.15) is 0 Å². The minimum absolute atomic E-state index is 0.667. The monoisotopic (exact) mass is 319 g/mol. The molecule has 5 heteroatoms. The van der Waals surface area contributed by atoms with Crippen molar-refractivity contribution >= 4 is 0 Å². The van der Waals surface area contributed by atoms with Crippen LogP contribution in [0.2, 0.25) is 0 Å². The zero-order valence-corrected chi connectivity index (χ0v) is 14.4. The van der Waals surface area contributed by atoms with Gasteiger partial charge < -0.3 is 9.15 Å². The first kappa shape index (κ1) is 15.6. The highest BCUT2D eigenvalue weighted by Crippen LogP contribution is 2.59. The highest BCUT2D eigenvalue weighted by molar-refractivity contribution is 5.06. The van der Waals surface area contributed by atoms with Crippen LogP contribution in [0.3, 0.4) is 0 Å². The van der Waals surface area contributed by atoms with Crippen LogP contribution in [-0.4, -0.2) is 41.4 Å². The van der Waals surface area contributed by atoms with E-state index in [-0.39, 0.29) is 0 Å². The minimum atomic E-state index is 0.667. The lowest BCUT2D eigenvalue weighted by molar-refractivity contribution is 0.0710. The van der Waals surface area contributed by atoms with Gasteiger partial charge in [0.05, 0.1) is 6.54 Å². The van der Waals surface area contributed by atoms with Crippen LogP contribution in [0.25, 0.3) is 0 Å². The van der Waals surface area contributed by atoms with Crippen molar-refractivity contribution in [3.05, 3.63) is 11.8 Å². The molecule has 0 spiro atoms. The fourth-order valence-electron chi connectivity index (χ4n) is 5.80. The van der Waals surface area contributed by atoms with E-state index in [9.17, 15) is 0 Å². The Morgan fingerprint density at radius 2 is 2.04 bits per heavy atom. The van der Waals surface area contributed by atoms with E-state index >= 15 is 0 Å². The summed E-state index contributed by atoms with van der Waals surface area (Å²) in [6.07, 6.45) is 8.34. The molecule has 5 nitrogen and oxygen atoms in total. The third kappa shape index (κ3) is 2.93. The summed E-state index contributed by atoms with van der Waals surface area (Å²) in [4.78, 5) is 2.62. The Morgan fingerprint density at radius 3 is 2.83 bits per heavy atom. The quantitative estimate of drug-likeness (QED) is 0.723. The first-order valence-electron chi connectivity index (χ1n) is 9.28. The van der Waals surface area contributed by atoms with E-state index in [4.69, 9.17) is 9.15 Å². The third-order valence-corrected chi connectivity index (χ3v) is 6.56. The third-order valence-electron chi connectivity index (χ3n) is 6.56. The molecule has 0 amide bonds. The molecule has 2 bridgehead atoms. The number of nitrogens with zero attached hydrogens (tertiary/aromatic N) is 3. The Kier molecular flexibility index (Phi) is 4.41. The largest absolute Gasteiger partial charge is 0.424 e. The van der Waals surface area contributed by atoms with E-state index in [2.05, 4.69) is 15.1 Å². The molecular formula is C18H29N3O2. The molecule has 0 aromatic carbocycles. The molecule has 3 fully saturated rings. The maximum absolute atomic E-state index is 5.65. The van der Waals surface area contributed by atoms with Gasteiger partial charge in [-0.1, -0.05) is 6.42 Å². The SMILES string of the molecule is COCCCN(Cc1nnc(C)o1)[C@@H]1C[C@H]2C[C@H]1[C@@H]1CCC[C@H]21. The second-order valence-electron chi connectivity index (χ2n) is 7.75. The van der Waals surface area contributed by atoms with Gasteiger partial charge in [-0.15, -0.1) is 10.2 Å². The normalized spacial score (nSPS) is 35.3. The molecule has 4 rings (SSSR count). The zero-order valence-electron chi connectivity index (χ0n) is 14.4. The summed E-state index contributed by atoms with van der Waals surface area (Å²) in [5.41, 5.74) is 0. The van der Waals surface area contributed by atoms with Crippen molar-refractivity contribution in [3.8, 4) is 0 Å². The first-order chi connectivity index (χ1) is 11.3. The molecule has 1 aromatic rings. The topological polar surface area (TPSA) is 51.4 Å². The Labute approximate surface area is 138 Å². The van der Waals surface area contributed by atoms with Crippen molar-refractivity contribution in [2.75, 3.05) is 20.3 Å². The number of methoxy groups -OCH3 is 1. The predicted molar refractivity (Wildman–Crippen MR) is 86.8 cm³/mol. The molecule has 0 N–H and O–H groups in total. The summed E-state index contributed by atoms with van der Waals surface area (Å²) in [7, 11) is 1.78. The summed E-state index contributed by atoms with van der Waals surface area (Å²) in [6.45, 7) is 4.56. The fraction of sp³-hybridized carbons (Fsp3) is 0.889. The highest BCUT2D eigenvalue weighted by atomic mass is 16.5. The lowest BCUT2D eigenvalue weighted by Gasteiger charge is -2.38. The second-order valence-corrected chi connectivity index (χ2v) is 7.75. The van der Waals surface area contributed by atoms with Gasteiger partial charge in [0.1, 0.15) is 0 Å². The lowest BCUT2D eigenvalue weighted by Crippen LogP contribution is -2.43. The second kappa shape index (κ2) is 6.52. The van der Waals surface area contributed by atoms with E-state index in [1.807, 2.05) is 6.92 Å². The van der Waals surface area contributed by atoms with Gasteiger partial charge in [-0.05, 0) is 55.8 Å². The molecule has 0 aliphatic heterocycles.